The Balaban J connectivity index is 1.63. The van der Waals surface area contributed by atoms with Crippen LogP contribution in [0.15, 0.2) is 48.8 Å². The van der Waals surface area contributed by atoms with E-state index in [0.717, 1.165) is 11.3 Å². The molecule has 0 spiro atoms. The molecule has 1 aliphatic heterocycles. The molecule has 1 fully saturated rings. The number of aliphatic hydroxyl groups is 1. The molecule has 1 N–H and O–H groups in total. The summed E-state index contributed by atoms with van der Waals surface area (Å²) < 4.78 is 5.17. The summed E-state index contributed by atoms with van der Waals surface area (Å²) >= 11 is 0. The molecule has 2 aromatic rings. The van der Waals surface area contributed by atoms with Crippen molar-refractivity contribution in [2.75, 3.05) is 27.2 Å². The van der Waals surface area contributed by atoms with E-state index in [1.165, 1.54) is 0 Å². The van der Waals surface area contributed by atoms with Gasteiger partial charge in [-0.05, 0) is 36.9 Å². The number of likely N-dealkylation sites (tertiary alicyclic amines) is 1. The smallest absolute Gasteiger partial charge is 0.255 e. The normalized spacial score (nSPS) is 20.1. The third-order valence-electron chi connectivity index (χ3n) is 4.61. The number of nitrogens with zero attached hydrogens (tertiary/aromatic N) is 3. The first-order chi connectivity index (χ1) is 12.1. The molecule has 1 aromatic carbocycles. The minimum absolute atomic E-state index is 0.0903. The Morgan fingerprint density at radius 2 is 2.08 bits per heavy atom. The lowest BCUT2D eigenvalue weighted by Crippen LogP contribution is -2.40. The molecule has 6 nitrogen and oxygen atoms in total. The van der Waals surface area contributed by atoms with E-state index in [4.69, 9.17) is 4.74 Å². The van der Waals surface area contributed by atoms with Crippen molar-refractivity contribution in [2.45, 2.75) is 18.7 Å². The van der Waals surface area contributed by atoms with Crippen LogP contribution in [0.4, 0.5) is 0 Å². The molecular formula is C19H23N3O3. The topological polar surface area (TPSA) is 65.9 Å². The van der Waals surface area contributed by atoms with Gasteiger partial charge >= 0.3 is 0 Å². The minimum Gasteiger partial charge on any atom is -0.497 e. The molecule has 1 amide bonds. The highest BCUT2D eigenvalue weighted by atomic mass is 16.5. The van der Waals surface area contributed by atoms with Gasteiger partial charge in [-0.3, -0.25) is 14.7 Å². The van der Waals surface area contributed by atoms with Gasteiger partial charge in [0.2, 0.25) is 0 Å². The Morgan fingerprint density at radius 1 is 1.32 bits per heavy atom. The average Bonchev–Trinajstić information content (AvgIpc) is 3.04. The quantitative estimate of drug-likeness (QED) is 0.891. The summed E-state index contributed by atoms with van der Waals surface area (Å²) in [5.41, 5.74) is 1.68. The average molecular weight is 341 g/mol. The Morgan fingerprint density at radius 3 is 2.72 bits per heavy atom. The van der Waals surface area contributed by atoms with Gasteiger partial charge in [0.25, 0.3) is 5.91 Å². The van der Waals surface area contributed by atoms with Gasteiger partial charge in [-0.2, -0.15) is 0 Å². The molecule has 132 valence electrons. The number of ether oxygens (including phenoxy) is 1. The summed E-state index contributed by atoms with van der Waals surface area (Å²) in [6.45, 7) is 1.54. The third-order valence-corrected chi connectivity index (χ3v) is 4.61. The molecule has 0 bridgehead atoms. The van der Waals surface area contributed by atoms with E-state index in [1.807, 2.05) is 31.3 Å². The number of hydrogen-bond donors (Lipinski definition) is 1. The Hall–Kier alpha value is -2.44. The zero-order chi connectivity index (χ0) is 17.8. The number of methoxy groups -OCH3 is 1. The summed E-state index contributed by atoms with van der Waals surface area (Å²) in [6.07, 6.45) is 2.63. The highest BCUT2D eigenvalue weighted by Gasteiger charge is 2.36. The van der Waals surface area contributed by atoms with Gasteiger partial charge in [0.15, 0.2) is 0 Å². The fourth-order valence-electron chi connectivity index (χ4n) is 3.18. The maximum atomic E-state index is 12.5. The summed E-state index contributed by atoms with van der Waals surface area (Å²) in [4.78, 5) is 20.3. The van der Waals surface area contributed by atoms with Gasteiger partial charge in [-0.15, -0.1) is 0 Å². The molecule has 25 heavy (non-hydrogen) atoms. The minimum atomic E-state index is -0.566. The van der Waals surface area contributed by atoms with E-state index in [2.05, 4.69) is 9.88 Å². The van der Waals surface area contributed by atoms with Crippen LogP contribution in [0.2, 0.25) is 0 Å². The highest BCUT2D eigenvalue weighted by Crippen LogP contribution is 2.20. The second kappa shape index (κ2) is 7.63. The molecule has 0 radical (unpaired) electrons. The molecule has 2 heterocycles. The molecule has 1 saturated heterocycles. The standard InChI is InChI=1S/C19H23N3O3/c1-21(11-14-5-7-16(25-2)8-6-14)17-12-22(13-18(17)23)19(24)15-4-3-9-20-10-15/h3-10,17-18,23H,11-13H2,1-2H3/t17-,18-/m1/s1. The summed E-state index contributed by atoms with van der Waals surface area (Å²) in [5.74, 6) is 0.730. The van der Waals surface area contributed by atoms with Crippen molar-refractivity contribution in [1.29, 1.82) is 0 Å². The number of benzene rings is 1. The fraction of sp³-hybridized carbons (Fsp3) is 0.368. The maximum Gasteiger partial charge on any atom is 0.255 e. The number of aromatic nitrogens is 1. The van der Waals surface area contributed by atoms with Crippen molar-refractivity contribution in [1.82, 2.24) is 14.8 Å². The number of β-amino-alcohol motifs (C(OH)–C–C–N with tert-alkyl or cyclic N) is 1. The van der Waals surface area contributed by atoms with E-state index in [9.17, 15) is 9.90 Å². The van der Waals surface area contributed by atoms with Crippen LogP contribution < -0.4 is 4.74 Å². The van der Waals surface area contributed by atoms with Crippen LogP contribution in [-0.4, -0.2) is 65.2 Å². The van der Waals surface area contributed by atoms with Gasteiger partial charge in [-0.25, -0.2) is 0 Å². The second-order valence-corrected chi connectivity index (χ2v) is 6.35. The van der Waals surface area contributed by atoms with E-state index in [0.29, 0.717) is 25.2 Å². The zero-order valence-electron chi connectivity index (χ0n) is 14.5. The number of amides is 1. The van der Waals surface area contributed by atoms with Crippen LogP contribution in [0.1, 0.15) is 15.9 Å². The molecule has 3 rings (SSSR count). The molecule has 0 unspecified atom stereocenters. The fourth-order valence-corrected chi connectivity index (χ4v) is 3.18. The first-order valence-corrected chi connectivity index (χ1v) is 8.29. The van der Waals surface area contributed by atoms with Gasteiger partial charge in [0.05, 0.1) is 24.8 Å². The molecule has 6 heteroatoms. The van der Waals surface area contributed by atoms with Gasteiger partial charge < -0.3 is 14.7 Å². The number of aliphatic hydroxyl groups excluding tert-OH is 1. The molecular weight excluding hydrogens is 318 g/mol. The lowest BCUT2D eigenvalue weighted by Gasteiger charge is -2.26. The van der Waals surface area contributed by atoms with Crippen LogP contribution in [0.25, 0.3) is 0 Å². The lowest BCUT2D eigenvalue weighted by atomic mass is 10.1. The molecule has 1 aromatic heterocycles. The number of pyridine rings is 1. The summed E-state index contributed by atoms with van der Waals surface area (Å²) in [7, 11) is 3.61. The van der Waals surface area contributed by atoms with Crippen LogP contribution in [0.3, 0.4) is 0 Å². The van der Waals surface area contributed by atoms with E-state index < -0.39 is 6.10 Å². The Bertz CT molecular complexity index is 706. The number of carbonyl (C=O) groups is 1. The summed E-state index contributed by atoms with van der Waals surface area (Å²) in [5, 5.41) is 10.4. The summed E-state index contributed by atoms with van der Waals surface area (Å²) in [6, 6.07) is 11.3. The Labute approximate surface area is 147 Å². The predicted octanol–water partition coefficient (Wildman–Crippen LogP) is 1.41. The van der Waals surface area contributed by atoms with Crippen LogP contribution >= 0.6 is 0 Å². The maximum absolute atomic E-state index is 12.5. The molecule has 1 aliphatic rings. The van der Waals surface area contributed by atoms with Crippen molar-refractivity contribution in [3.63, 3.8) is 0 Å². The molecule has 0 aliphatic carbocycles. The van der Waals surface area contributed by atoms with E-state index in [-0.39, 0.29) is 11.9 Å². The zero-order valence-corrected chi connectivity index (χ0v) is 14.5. The number of hydrogen-bond acceptors (Lipinski definition) is 5. The third kappa shape index (κ3) is 3.97. The van der Waals surface area contributed by atoms with Crippen LogP contribution in [0, 0.1) is 0 Å². The molecule has 2 atom stereocenters. The van der Waals surface area contributed by atoms with Crippen LogP contribution in [-0.2, 0) is 6.54 Å². The van der Waals surface area contributed by atoms with E-state index >= 15 is 0 Å². The number of carbonyl (C=O) groups excluding carboxylic acids is 1. The number of rotatable bonds is 5. The second-order valence-electron chi connectivity index (χ2n) is 6.35. The van der Waals surface area contributed by atoms with Crippen molar-refractivity contribution >= 4 is 5.91 Å². The van der Waals surface area contributed by atoms with Gasteiger partial charge in [0, 0.05) is 32.0 Å². The van der Waals surface area contributed by atoms with E-state index in [1.54, 1.807) is 36.5 Å². The largest absolute Gasteiger partial charge is 0.497 e. The lowest BCUT2D eigenvalue weighted by molar-refractivity contribution is 0.0762. The van der Waals surface area contributed by atoms with Crippen molar-refractivity contribution in [2.24, 2.45) is 0 Å². The molecule has 0 saturated carbocycles. The first kappa shape index (κ1) is 17.4. The first-order valence-electron chi connectivity index (χ1n) is 8.29. The monoisotopic (exact) mass is 341 g/mol. The van der Waals surface area contributed by atoms with Crippen molar-refractivity contribution in [3.8, 4) is 5.75 Å². The van der Waals surface area contributed by atoms with Crippen LogP contribution in [0.5, 0.6) is 5.75 Å². The van der Waals surface area contributed by atoms with Gasteiger partial charge in [-0.1, -0.05) is 12.1 Å². The Kier molecular flexibility index (Phi) is 5.31. The van der Waals surface area contributed by atoms with Crippen molar-refractivity contribution in [3.05, 3.63) is 59.9 Å². The highest BCUT2D eigenvalue weighted by molar-refractivity contribution is 5.94. The predicted molar refractivity (Wildman–Crippen MR) is 94.4 cm³/mol. The van der Waals surface area contributed by atoms with Crippen molar-refractivity contribution < 1.29 is 14.6 Å². The SMILES string of the molecule is COc1ccc(CN(C)[C@@H]2CN(C(=O)c3cccnc3)C[C@H]2O)cc1. The number of likely N-dealkylation sites (N-methyl/N-ethyl adjacent to an activating group) is 1. The van der Waals surface area contributed by atoms with Gasteiger partial charge in [0.1, 0.15) is 5.75 Å².